The van der Waals surface area contributed by atoms with E-state index in [0.717, 1.165) is 44.0 Å². The highest BCUT2D eigenvalue weighted by atomic mass is 16.5. The monoisotopic (exact) mass is 477 g/mol. The third kappa shape index (κ3) is 4.22. The van der Waals surface area contributed by atoms with Gasteiger partial charge in [0.15, 0.2) is 0 Å². The molecule has 180 valence electrons. The molecule has 0 spiro atoms. The summed E-state index contributed by atoms with van der Waals surface area (Å²) in [7, 11) is 3.34. The van der Waals surface area contributed by atoms with Crippen molar-refractivity contribution in [1.29, 1.82) is 0 Å². The molecular weight excluding hydrogens is 452 g/mol. The van der Waals surface area contributed by atoms with Gasteiger partial charge in [-0.15, -0.1) is 0 Å². The molecule has 5 aromatic rings. The van der Waals surface area contributed by atoms with Crippen molar-refractivity contribution in [3.8, 4) is 29.0 Å². The first-order chi connectivity index (χ1) is 17.5. The molecule has 1 unspecified atom stereocenters. The summed E-state index contributed by atoms with van der Waals surface area (Å²) in [6.07, 6.45) is 3.23. The third-order valence-electron chi connectivity index (χ3n) is 6.08. The van der Waals surface area contributed by atoms with Gasteiger partial charge in [0.25, 0.3) is 0 Å². The predicted molar refractivity (Wildman–Crippen MR) is 142 cm³/mol. The van der Waals surface area contributed by atoms with E-state index in [9.17, 15) is 5.21 Å². The van der Waals surface area contributed by atoms with Crippen LogP contribution in [0, 0.1) is 24.0 Å². The maximum Gasteiger partial charge on any atom is 0.221 e. The molecule has 1 aromatic carbocycles. The van der Waals surface area contributed by atoms with Crippen molar-refractivity contribution >= 4 is 22.2 Å². The van der Waals surface area contributed by atoms with E-state index in [0.29, 0.717) is 11.6 Å². The molecule has 0 amide bonds. The summed E-state index contributed by atoms with van der Waals surface area (Å²) < 4.78 is 7.37. The molecule has 5 rings (SSSR count). The Morgan fingerprint density at radius 1 is 1.08 bits per heavy atom. The van der Waals surface area contributed by atoms with Crippen molar-refractivity contribution in [2.75, 3.05) is 19.2 Å². The van der Waals surface area contributed by atoms with Crippen molar-refractivity contribution in [1.82, 2.24) is 24.7 Å². The predicted octanol–water partition coefficient (Wildman–Crippen LogP) is 4.53. The zero-order valence-corrected chi connectivity index (χ0v) is 20.5. The topological polar surface area (TPSA) is 90.6 Å². The van der Waals surface area contributed by atoms with Crippen molar-refractivity contribution in [2.24, 2.45) is 0 Å². The highest BCUT2D eigenvalue weighted by molar-refractivity contribution is 5.88. The molecule has 0 saturated carbocycles. The SMILES string of the molecule is CNC(C)N([O-])c1ccc(-c2c(C)nc3ccccn23)c(C#Cc2ccc3c(OC)nccc3c2)n1. The summed E-state index contributed by atoms with van der Waals surface area (Å²) in [5.74, 6) is 7.30. The van der Waals surface area contributed by atoms with Crippen LogP contribution in [-0.4, -0.2) is 39.7 Å². The molecule has 0 saturated heterocycles. The van der Waals surface area contributed by atoms with E-state index in [1.54, 1.807) is 33.3 Å². The Morgan fingerprint density at radius 3 is 2.75 bits per heavy atom. The number of anilines is 1. The van der Waals surface area contributed by atoms with Crippen molar-refractivity contribution in [2.45, 2.75) is 20.0 Å². The van der Waals surface area contributed by atoms with Gasteiger partial charge in [-0.2, -0.15) is 0 Å². The molecule has 1 atom stereocenters. The Labute approximate surface area is 209 Å². The zero-order valence-electron chi connectivity index (χ0n) is 20.5. The third-order valence-corrected chi connectivity index (χ3v) is 6.08. The normalized spacial score (nSPS) is 11.8. The molecule has 0 aliphatic carbocycles. The van der Waals surface area contributed by atoms with Crippen LogP contribution in [0.3, 0.4) is 0 Å². The smallest absolute Gasteiger partial charge is 0.221 e. The molecular formula is C28H25N6O2-. The molecule has 8 nitrogen and oxygen atoms in total. The van der Waals surface area contributed by atoms with Crippen LogP contribution in [0.15, 0.2) is 67.0 Å². The Bertz CT molecular complexity index is 1630. The largest absolute Gasteiger partial charge is 0.756 e. The van der Waals surface area contributed by atoms with Gasteiger partial charge < -0.3 is 20.3 Å². The average molecular weight is 478 g/mol. The summed E-state index contributed by atoms with van der Waals surface area (Å²) >= 11 is 0. The van der Waals surface area contributed by atoms with Gasteiger partial charge in [0, 0.05) is 28.9 Å². The summed E-state index contributed by atoms with van der Waals surface area (Å²) in [6, 6.07) is 17.2. The standard InChI is InChI=1S/C28H25N6O2/c1-18-27(33-16-6-5-7-25(33)31-18)23-11-13-26(34(35)19(2)29-3)32-24(23)12-9-20-8-10-22-21(17-20)14-15-30-28(22)36-4/h5-8,10-11,13-17,19,29H,1-4H3/q-1. The molecule has 36 heavy (non-hydrogen) atoms. The number of imidazole rings is 1. The highest BCUT2D eigenvalue weighted by Crippen LogP contribution is 2.29. The van der Waals surface area contributed by atoms with Gasteiger partial charge in [-0.05, 0) is 80.7 Å². The van der Waals surface area contributed by atoms with Gasteiger partial charge in [0.1, 0.15) is 17.2 Å². The van der Waals surface area contributed by atoms with Crippen molar-refractivity contribution < 1.29 is 4.74 Å². The molecule has 0 radical (unpaired) electrons. The van der Waals surface area contributed by atoms with E-state index in [1.165, 1.54) is 0 Å². The van der Waals surface area contributed by atoms with Gasteiger partial charge in [0.2, 0.25) is 5.88 Å². The Balaban J connectivity index is 1.66. The number of pyridine rings is 3. The van der Waals surface area contributed by atoms with E-state index >= 15 is 0 Å². The Hall–Kier alpha value is -4.45. The molecule has 0 bridgehead atoms. The van der Waals surface area contributed by atoms with Crippen LogP contribution in [0.4, 0.5) is 5.82 Å². The molecule has 4 heterocycles. The number of fused-ring (bicyclic) bond motifs is 2. The zero-order chi connectivity index (χ0) is 25.2. The number of benzene rings is 1. The van der Waals surface area contributed by atoms with Crippen LogP contribution >= 0.6 is 0 Å². The van der Waals surface area contributed by atoms with Gasteiger partial charge in [0.05, 0.1) is 24.7 Å². The van der Waals surface area contributed by atoms with Crippen molar-refractivity contribution in [3.05, 3.63) is 89.1 Å². The molecule has 0 aliphatic rings. The fourth-order valence-corrected chi connectivity index (χ4v) is 4.13. The fraction of sp³-hybridized carbons (Fsp3) is 0.179. The highest BCUT2D eigenvalue weighted by Gasteiger charge is 2.16. The molecule has 0 fully saturated rings. The lowest BCUT2D eigenvalue weighted by atomic mass is 10.1. The van der Waals surface area contributed by atoms with E-state index in [4.69, 9.17) is 4.74 Å². The molecule has 0 aliphatic heterocycles. The second-order valence-corrected chi connectivity index (χ2v) is 8.34. The number of rotatable bonds is 5. The number of hydrogen-bond acceptors (Lipinski definition) is 7. The first-order valence-corrected chi connectivity index (χ1v) is 11.5. The number of hydrogen-bond donors (Lipinski definition) is 1. The number of aromatic nitrogens is 4. The lowest BCUT2D eigenvalue weighted by Gasteiger charge is -2.35. The van der Waals surface area contributed by atoms with E-state index < -0.39 is 6.17 Å². The van der Waals surface area contributed by atoms with Crippen LogP contribution in [0.25, 0.3) is 27.7 Å². The lowest BCUT2D eigenvalue weighted by molar-refractivity contribution is 0.403. The van der Waals surface area contributed by atoms with Crippen molar-refractivity contribution in [3.63, 3.8) is 0 Å². The summed E-state index contributed by atoms with van der Waals surface area (Å²) in [5, 5.41) is 18.5. The van der Waals surface area contributed by atoms with Gasteiger partial charge >= 0.3 is 0 Å². The van der Waals surface area contributed by atoms with Gasteiger partial charge in [-0.3, -0.25) is 4.40 Å². The minimum atomic E-state index is -0.439. The van der Waals surface area contributed by atoms with Crippen LogP contribution in [0.5, 0.6) is 5.88 Å². The average Bonchev–Trinajstić information content (AvgIpc) is 3.25. The van der Waals surface area contributed by atoms with Gasteiger partial charge in [-0.25, -0.2) is 15.0 Å². The summed E-state index contributed by atoms with van der Waals surface area (Å²) in [5.41, 5.74) is 4.69. The van der Waals surface area contributed by atoms with Crippen LogP contribution in [0.2, 0.25) is 0 Å². The number of nitrogens with one attached hydrogen (secondary N) is 1. The summed E-state index contributed by atoms with van der Waals surface area (Å²) in [6.45, 7) is 3.74. The van der Waals surface area contributed by atoms with E-state index in [-0.39, 0.29) is 5.82 Å². The maximum atomic E-state index is 12.8. The molecule has 8 heteroatoms. The lowest BCUT2D eigenvalue weighted by Crippen LogP contribution is -2.38. The number of aryl methyl sites for hydroxylation is 1. The number of nitrogens with zero attached hydrogens (tertiary/aromatic N) is 5. The minimum Gasteiger partial charge on any atom is -0.756 e. The first-order valence-electron chi connectivity index (χ1n) is 11.5. The van der Waals surface area contributed by atoms with E-state index in [1.807, 2.05) is 66.1 Å². The quantitative estimate of drug-likeness (QED) is 0.226. The Morgan fingerprint density at radius 2 is 1.94 bits per heavy atom. The number of methoxy groups -OCH3 is 1. The van der Waals surface area contributed by atoms with Crippen LogP contribution in [0.1, 0.15) is 23.9 Å². The van der Waals surface area contributed by atoms with Gasteiger partial charge in [-0.1, -0.05) is 12.0 Å². The molecule has 4 aromatic heterocycles. The Kier molecular flexibility index (Phi) is 6.25. The number of hydroxylamine groups is 1. The minimum absolute atomic E-state index is 0.283. The fourth-order valence-electron chi connectivity index (χ4n) is 4.13. The van der Waals surface area contributed by atoms with Crippen LogP contribution < -0.4 is 15.1 Å². The second-order valence-electron chi connectivity index (χ2n) is 8.34. The van der Waals surface area contributed by atoms with Crippen LogP contribution in [-0.2, 0) is 0 Å². The second kappa shape index (κ2) is 9.66. The molecule has 1 N–H and O–H groups in total. The summed E-state index contributed by atoms with van der Waals surface area (Å²) in [4.78, 5) is 13.6. The van der Waals surface area contributed by atoms with E-state index in [2.05, 4.69) is 32.1 Å². The first kappa shape index (κ1) is 23.3. The number of ether oxygens (including phenoxy) is 1. The maximum absolute atomic E-state index is 12.8.